The maximum absolute atomic E-state index is 6.41. The second-order valence-corrected chi connectivity index (χ2v) is 8.02. The van der Waals surface area contributed by atoms with Gasteiger partial charge < -0.3 is 9.47 Å². The molecule has 2 atom stereocenters. The van der Waals surface area contributed by atoms with Gasteiger partial charge in [-0.1, -0.05) is 48.9 Å². The van der Waals surface area contributed by atoms with Crippen molar-refractivity contribution in [2.24, 2.45) is 5.10 Å². The molecule has 0 fully saturated rings. The van der Waals surface area contributed by atoms with E-state index in [1.54, 1.807) is 0 Å². The minimum Gasteiger partial charge on any atom is -0.494 e. The van der Waals surface area contributed by atoms with Crippen LogP contribution in [0.4, 0.5) is 0 Å². The number of benzene rings is 3. The van der Waals surface area contributed by atoms with Gasteiger partial charge in [-0.15, -0.1) is 0 Å². The van der Waals surface area contributed by atoms with Crippen LogP contribution < -0.4 is 9.47 Å². The Hall–Kier alpha value is -2.98. The first kappa shape index (κ1) is 19.0. The van der Waals surface area contributed by atoms with E-state index >= 15 is 0 Å². The first-order chi connectivity index (χ1) is 14.7. The predicted octanol–water partition coefficient (Wildman–Crippen LogP) is 6.37. The lowest BCUT2D eigenvalue weighted by Crippen LogP contribution is -2.33. The van der Waals surface area contributed by atoms with Crippen molar-refractivity contribution in [1.29, 1.82) is 0 Å². The van der Waals surface area contributed by atoms with Crippen LogP contribution in [0.2, 0.25) is 5.02 Å². The lowest BCUT2D eigenvalue weighted by atomic mass is 9.96. The molecule has 0 aromatic heterocycles. The number of rotatable bonds is 5. The van der Waals surface area contributed by atoms with Crippen molar-refractivity contribution in [3.63, 3.8) is 0 Å². The highest BCUT2D eigenvalue weighted by Gasteiger charge is 2.40. The lowest BCUT2D eigenvalue weighted by Gasteiger charge is -2.38. The van der Waals surface area contributed by atoms with Crippen LogP contribution in [0.15, 0.2) is 77.9 Å². The summed E-state index contributed by atoms with van der Waals surface area (Å²) in [7, 11) is 0. The fourth-order valence-electron chi connectivity index (χ4n) is 4.02. The first-order valence-electron chi connectivity index (χ1n) is 10.3. The Morgan fingerprint density at radius 1 is 1.03 bits per heavy atom. The molecule has 0 saturated carbocycles. The molecule has 0 bridgehead atoms. The monoisotopic (exact) mass is 418 g/mol. The van der Waals surface area contributed by atoms with E-state index < -0.39 is 0 Å². The van der Waals surface area contributed by atoms with Gasteiger partial charge in [-0.3, -0.25) is 0 Å². The maximum atomic E-state index is 6.41. The number of nitrogens with zero attached hydrogens (tertiary/aromatic N) is 2. The van der Waals surface area contributed by atoms with Crippen LogP contribution in [0.25, 0.3) is 0 Å². The smallest absolute Gasteiger partial charge is 0.213 e. The van der Waals surface area contributed by atoms with Crippen LogP contribution in [0, 0.1) is 0 Å². The molecule has 30 heavy (non-hydrogen) atoms. The summed E-state index contributed by atoms with van der Waals surface area (Å²) in [5.74, 6) is 1.79. The van der Waals surface area contributed by atoms with Gasteiger partial charge in [0.15, 0.2) is 0 Å². The quantitative estimate of drug-likeness (QED) is 0.482. The van der Waals surface area contributed by atoms with Crippen LogP contribution in [-0.2, 0) is 0 Å². The van der Waals surface area contributed by atoms with Crippen LogP contribution in [-0.4, -0.2) is 17.3 Å². The van der Waals surface area contributed by atoms with E-state index in [1.165, 1.54) is 5.56 Å². The minimum absolute atomic E-state index is 0.140. The zero-order valence-corrected chi connectivity index (χ0v) is 17.5. The van der Waals surface area contributed by atoms with Gasteiger partial charge in [-0.2, -0.15) is 5.10 Å². The minimum atomic E-state index is -0.282. The van der Waals surface area contributed by atoms with Gasteiger partial charge >= 0.3 is 0 Å². The Labute approximate surface area is 181 Å². The van der Waals surface area contributed by atoms with E-state index in [-0.39, 0.29) is 12.3 Å². The van der Waals surface area contributed by atoms with Crippen molar-refractivity contribution in [1.82, 2.24) is 5.01 Å². The molecule has 0 saturated heterocycles. The summed E-state index contributed by atoms with van der Waals surface area (Å²) in [5, 5.41) is 7.81. The van der Waals surface area contributed by atoms with Gasteiger partial charge in [-0.05, 0) is 54.4 Å². The standard InChI is InChI=1S/C25H23ClN2O2/c1-2-15-29-20-13-9-18(10-14-20)25-28-23(21-5-3-4-6-24(21)30-25)16-22(27-28)17-7-11-19(26)12-8-17/h3-14,23,25H,2,15-16H2,1H3/t23-,25+/m0/s1. The summed E-state index contributed by atoms with van der Waals surface area (Å²) in [6.07, 6.45) is 1.54. The molecule has 152 valence electrons. The molecule has 2 heterocycles. The third-order valence-electron chi connectivity index (χ3n) is 5.51. The molecule has 4 nitrogen and oxygen atoms in total. The van der Waals surface area contributed by atoms with Gasteiger partial charge in [-0.25, -0.2) is 5.01 Å². The van der Waals surface area contributed by atoms with Crippen molar-refractivity contribution in [2.45, 2.75) is 32.0 Å². The number of ether oxygens (including phenoxy) is 2. The number of halogens is 1. The second-order valence-electron chi connectivity index (χ2n) is 7.58. The maximum Gasteiger partial charge on any atom is 0.213 e. The molecular formula is C25H23ClN2O2. The summed E-state index contributed by atoms with van der Waals surface area (Å²) in [4.78, 5) is 0. The molecule has 0 unspecified atom stereocenters. The van der Waals surface area contributed by atoms with Crippen molar-refractivity contribution < 1.29 is 9.47 Å². The second kappa shape index (κ2) is 8.04. The molecule has 5 rings (SSSR count). The average molecular weight is 419 g/mol. The van der Waals surface area contributed by atoms with Crippen LogP contribution in [0.1, 0.15) is 48.7 Å². The Morgan fingerprint density at radius 2 is 1.80 bits per heavy atom. The highest BCUT2D eigenvalue weighted by molar-refractivity contribution is 6.30. The average Bonchev–Trinajstić information content (AvgIpc) is 3.24. The van der Waals surface area contributed by atoms with E-state index in [9.17, 15) is 0 Å². The zero-order chi connectivity index (χ0) is 20.5. The van der Waals surface area contributed by atoms with E-state index in [0.29, 0.717) is 0 Å². The van der Waals surface area contributed by atoms with Gasteiger partial charge in [0.05, 0.1) is 18.4 Å². The number of hydrogen-bond acceptors (Lipinski definition) is 4. The summed E-state index contributed by atoms with van der Waals surface area (Å²) in [6.45, 7) is 2.82. The number of para-hydroxylation sites is 1. The number of hydrazone groups is 1. The van der Waals surface area contributed by atoms with Gasteiger partial charge in [0.1, 0.15) is 11.5 Å². The van der Waals surface area contributed by atoms with E-state index in [4.69, 9.17) is 26.2 Å². The van der Waals surface area contributed by atoms with Crippen molar-refractivity contribution in [2.75, 3.05) is 6.61 Å². The fourth-order valence-corrected chi connectivity index (χ4v) is 4.15. The zero-order valence-electron chi connectivity index (χ0n) is 16.8. The number of fused-ring (bicyclic) bond motifs is 3. The van der Waals surface area contributed by atoms with Crippen molar-refractivity contribution >= 4 is 17.3 Å². The first-order valence-corrected chi connectivity index (χ1v) is 10.7. The molecule has 3 aromatic carbocycles. The number of hydrogen-bond donors (Lipinski definition) is 0. The Kier molecular flexibility index (Phi) is 5.09. The van der Waals surface area contributed by atoms with Crippen LogP contribution in [0.5, 0.6) is 11.5 Å². The molecule has 2 aliphatic rings. The molecule has 0 N–H and O–H groups in total. The third kappa shape index (κ3) is 3.52. The van der Waals surface area contributed by atoms with Crippen molar-refractivity contribution in [3.05, 3.63) is 94.5 Å². The molecule has 0 amide bonds. The van der Waals surface area contributed by atoms with E-state index in [2.05, 4.69) is 36.2 Å². The fraction of sp³-hybridized carbons (Fsp3) is 0.240. The molecule has 5 heteroatoms. The normalized spacial score (nSPS) is 19.5. The third-order valence-corrected chi connectivity index (χ3v) is 5.77. The van der Waals surface area contributed by atoms with Gasteiger partial charge in [0, 0.05) is 22.6 Å². The summed E-state index contributed by atoms with van der Waals surface area (Å²) in [5.41, 5.74) is 4.36. The highest BCUT2D eigenvalue weighted by Crippen LogP contribution is 2.47. The van der Waals surface area contributed by atoms with Crippen LogP contribution >= 0.6 is 11.6 Å². The SMILES string of the molecule is CCCOc1ccc([C@H]2Oc3ccccc3[C@@H]3CC(c4ccc(Cl)cc4)=NN23)cc1. The molecule has 0 aliphatic carbocycles. The highest BCUT2D eigenvalue weighted by atomic mass is 35.5. The lowest BCUT2D eigenvalue weighted by molar-refractivity contribution is -0.0190. The Bertz CT molecular complexity index is 1060. The van der Waals surface area contributed by atoms with Crippen molar-refractivity contribution in [3.8, 4) is 11.5 Å². The van der Waals surface area contributed by atoms with E-state index in [0.717, 1.165) is 52.8 Å². The van der Waals surface area contributed by atoms with Gasteiger partial charge in [0.25, 0.3) is 0 Å². The van der Waals surface area contributed by atoms with E-state index in [1.807, 2.05) is 48.5 Å². The Morgan fingerprint density at radius 3 is 2.57 bits per heavy atom. The summed E-state index contributed by atoms with van der Waals surface area (Å²) >= 11 is 6.07. The molecular weight excluding hydrogens is 396 g/mol. The molecule has 0 spiro atoms. The summed E-state index contributed by atoms with van der Waals surface area (Å²) < 4.78 is 12.1. The predicted molar refractivity (Wildman–Crippen MR) is 119 cm³/mol. The molecule has 0 radical (unpaired) electrons. The van der Waals surface area contributed by atoms with Crippen LogP contribution in [0.3, 0.4) is 0 Å². The van der Waals surface area contributed by atoms with Gasteiger partial charge in [0.2, 0.25) is 6.23 Å². The Balaban J connectivity index is 1.50. The molecule has 3 aromatic rings. The summed E-state index contributed by atoms with van der Waals surface area (Å²) in [6, 6.07) is 24.4. The topological polar surface area (TPSA) is 34.1 Å². The molecule has 2 aliphatic heterocycles. The largest absolute Gasteiger partial charge is 0.494 e.